The van der Waals surface area contributed by atoms with E-state index in [1.165, 1.54) is 0 Å². The number of rotatable bonds is 9. The third-order valence-corrected chi connectivity index (χ3v) is 2.83. The summed E-state index contributed by atoms with van der Waals surface area (Å²) >= 11 is 0. The highest BCUT2D eigenvalue weighted by molar-refractivity contribution is 5.74. The van der Waals surface area contributed by atoms with Crippen molar-refractivity contribution in [1.29, 1.82) is 0 Å². The molecule has 0 saturated heterocycles. The number of carboxylic acid groups (broad SMARTS) is 1. The highest BCUT2D eigenvalue weighted by atomic mass is 16.4. The maximum Gasteiger partial charge on any atom is 0.311 e. The Morgan fingerprint density at radius 3 is 2.13 bits per heavy atom. The van der Waals surface area contributed by atoms with Gasteiger partial charge in [0.2, 0.25) is 0 Å². The van der Waals surface area contributed by atoms with E-state index < -0.39 is 11.4 Å². The zero-order valence-electron chi connectivity index (χ0n) is 9.41. The molecule has 0 heterocycles. The molecule has 0 rings (SSSR count). The number of hydrogen-bond donors (Lipinski definition) is 3. The molecule has 0 aliphatic rings. The number of hydrogen-bond acceptors (Lipinski definition) is 3. The van der Waals surface area contributed by atoms with E-state index in [0.717, 1.165) is 12.8 Å². The Morgan fingerprint density at radius 1 is 1.13 bits per heavy atom. The molecule has 3 N–H and O–H groups in total. The number of aliphatic carboxylic acids is 1. The van der Waals surface area contributed by atoms with E-state index in [9.17, 15) is 9.90 Å². The minimum Gasteiger partial charge on any atom is -0.481 e. The number of aliphatic hydroxyl groups excluding tert-OH is 2. The van der Waals surface area contributed by atoms with Crippen LogP contribution in [0.1, 0.15) is 45.4 Å². The van der Waals surface area contributed by atoms with Crippen LogP contribution in [0.5, 0.6) is 0 Å². The van der Waals surface area contributed by atoms with Crippen molar-refractivity contribution < 1.29 is 20.1 Å². The maximum atomic E-state index is 11.1. The van der Waals surface area contributed by atoms with Gasteiger partial charge in [-0.1, -0.05) is 19.8 Å². The van der Waals surface area contributed by atoms with E-state index in [0.29, 0.717) is 25.7 Å². The first-order valence-electron chi connectivity index (χ1n) is 5.58. The van der Waals surface area contributed by atoms with E-state index in [4.69, 9.17) is 10.2 Å². The molecule has 4 nitrogen and oxygen atoms in total. The van der Waals surface area contributed by atoms with Crippen LogP contribution < -0.4 is 0 Å². The van der Waals surface area contributed by atoms with Crippen LogP contribution in [0.4, 0.5) is 0 Å². The van der Waals surface area contributed by atoms with Crippen molar-refractivity contribution in [1.82, 2.24) is 0 Å². The van der Waals surface area contributed by atoms with Crippen LogP contribution in [0.25, 0.3) is 0 Å². The zero-order chi connectivity index (χ0) is 11.7. The van der Waals surface area contributed by atoms with E-state index in [1.54, 1.807) is 0 Å². The minimum atomic E-state index is -0.995. The van der Waals surface area contributed by atoms with Crippen LogP contribution >= 0.6 is 0 Å². The summed E-state index contributed by atoms with van der Waals surface area (Å²) in [7, 11) is 0. The second-order valence-corrected chi connectivity index (χ2v) is 4.03. The standard InChI is InChI=1S/C11H22O4/c1-2-3-6-11(9-13,10(14)15)7-4-5-8-12/h12-13H,2-9H2,1H3,(H,14,15). The van der Waals surface area contributed by atoms with Crippen LogP contribution in [0, 0.1) is 5.41 Å². The summed E-state index contributed by atoms with van der Waals surface area (Å²) in [6.07, 6.45) is 3.94. The number of unbranched alkanes of at least 4 members (excludes halogenated alkanes) is 2. The Morgan fingerprint density at radius 2 is 1.73 bits per heavy atom. The van der Waals surface area contributed by atoms with E-state index in [2.05, 4.69) is 0 Å². The molecule has 0 saturated carbocycles. The van der Waals surface area contributed by atoms with Gasteiger partial charge >= 0.3 is 5.97 Å². The van der Waals surface area contributed by atoms with Gasteiger partial charge < -0.3 is 15.3 Å². The number of aliphatic hydroxyl groups is 2. The van der Waals surface area contributed by atoms with Gasteiger partial charge in [0, 0.05) is 6.61 Å². The molecule has 0 aliphatic heterocycles. The number of carbonyl (C=O) groups is 1. The van der Waals surface area contributed by atoms with Gasteiger partial charge in [-0.05, 0) is 25.7 Å². The molecule has 0 aromatic heterocycles. The summed E-state index contributed by atoms with van der Waals surface area (Å²) in [6, 6.07) is 0. The van der Waals surface area contributed by atoms with Gasteiger partial charge in [0.05, 0.1) is 12.0 Å². The Hall–Kier alpha value is -0.610. The lowest BCUT2D eigenvalue weighted by Crippen LogP contribution is -2.35. The summed E-state index contributed by atoms with van der Waals surface area (Å²) in [4.78, 5) is 11.1. The van der Waals surface area contributed by atoms with Gasteiger partial charge in [-0.15, -0.1) is 0 Å². The Kier molecular flexibility index (Phi) is 7.34. The van der Waals surface area contributed by atoms with Crippen molar-refractivity contribution in [2.24, 2.45) is 5.41 Å². The Bertz CT molecular complexity index is 181. The van der Waals surface area contributed by atoms with E-state index in [-0.39, 0.29) is 13.2 Å². The lowest BCUT2D eigenvalue weighted by atomic mass is 9.79. The van der Waals surface area contributed by atoms with Gasteiger partial charge in [0.1, 0.15) is 0 Å². The first-order chi connectivity index (χ1) is 7.13. The molecule has 15 heavy (non-hydrogen) atoms. The maximum absolute atomic E-state index is 11.1. The van der Waals surface area contributed by atoms with Crippen LogP contribution in [-0.2, 0) is 4.79 Å². The van der Waals surface area contributed by atoms with Gasteiger partial charge in [-0.2, -0.15) is 0 Å². The molecule has 0 aromatic carbocycles. The molecular weight excluding hydrogens is 196 g/mol. The smallest absolute Gasteiger partial charge is 0.311 e. The molecule has 0 radical (unpaired) electrons. The van der Waals surface area contributed by atoms with Crippen molar-refractivity contribution in [2.75, 3.05) is 13.2 Å². The summed E-state index contributed by atoms with van der Waals surface area (Å²) < 4.78 is 0. The molecule has 0 spiro atoms. The molecule has 1 atom stereocenters. The average molecular weight is 218 g/mol. The fourth-order valence-corrected chi connectivity index (χ4v) is 1.65. The summed E-state index contributed by atoms with van der Waals surface area (Å²) in [5, 5.41) is 27.0. The minimum absolute atomic E-state index is 0.0783. The predicted molar refractivity (Wildman–Crippen MR) is 57.6 cm³/mol. The predicted octanol–water partition coefficient (Wildman–Crippen LogP) is 1.40. The molecule has 0 bridgehead atoms. The van der Waals surface area contributed by atoms with Crippen LogP contribution in [-0.4, -0.2) is 34.5 Å². The lowest BCUT2D eigenvalue weighted by molar-refractivity contribution is -0.153. The second kappa shape index (κ2) is 7.65. The molecule has 0 aliphatic carbocycles. The van der Waals surface area contributed by atoms with Crippen molar-refractivity contribution in [3.8, 4) is 0 Å². The molecule has 1 unspecified atom stereocenters. The molecule has 0 fully saturated rings. The van der Waals surface area contributed by atoms with Gasteiger partial charge in [0.25, 0.3) is 0 Å². The second-order valence-electron chi connectivity index (χ2n) is 4.03. The van der Waals surface area contributed by atoms with Crippen molar-refractivity contribution in [3.63, 3.8) is 0 Å². The van der Waals surface area contributed by atoms with Gasteiger partial charge in [-0.25, -0.2) is 0 Å². The normalized spacial score (nSPS) is 14.9. The van der Waals surface area contributed by atoms with Gasteiger partial charge in [0.15, 0.2) is 0 Å². The third kappa shape index (κ3) is 4.62. The van der Waals surface area contributed by atoms with Crippen molar-refractivity contribution >= 4 is 5.97 Å². The molecule has 90 valence electrons. The summed E-state index contributed by atoms with van der Waals surface area (Å²) in [6.45, 7) is 1.76. The Labute approximate surface area is 90.9 Å². The molecule has 0 aromatic rings. The van der Waals surface area contributed by atoms with Crippen molar-refractivity contribution in [3.05, 3.63) is 0 Å². The molecule has 4 heteroatoms. The zero-order valence-corrected chi connectivity index (χ0v) is 9.41. The summed E-state index contributed by atoms with van der Waals surface area (Å²) in [5.41, 5.74) is -0.995. The largest absolute Gasteiger partial charge is 0.481 e. The monoisotopic (exact) mass is 218 g/mol. The average Bonchev–Trinajstić information content (AvgIpc) is 2.23. The molecular formula is C11H22O4. The third-order valence-electron chi connectivity index (χ3n) is 2.83. The van der Waals surface area contributed by atoms with Gasteiger partial charge in [-0.3, -0.25) is 4.79 Å². The fourth-order valence-electron chi connectivity index (χ4n) is 1.65. The summed E-state index contributed by atoms with van der Waals surface area (Å²) in [5.74, 6) is -0.920. The van der Waals surface area contributed by atoms with Crippen LogP contribution in [0.3, 0.4) is 0 Å². The lowest BCUT2D eigenvalue weighted by Gasteiger charge is -2.27. The van der Waals surface area contributed by atoms with Crippen LogP contribution in [0.2, 0.25) is 0 Å². The molecule has 0 amide bonds. The Balaban J connectivity index is 4.30. The SMILES string of the molecule is CCCCC(CO)(CCCCO)C(=O)O. The first kappa shape index (κ1) is 14.4. The topological polar surface area (TPSA) is 77.8 Å². The van der Waals surface area contributed by atoms with E-state index >= 15 is 0 Å². The van der Waals surface area contributed by atoms with E-state index in [1.807, 2.05) is 6.92 Å². The quantitative estimate of drug-likeness (QED) is 0.511. The highest BCUT2D eigenvalue weighted by Gasteiger charge is 2.36. The van der Waals surface area contributed by atoms with Crippen molar-refractivity contribution in [2.45, 2.75) is 45.4 Å². The fraction of sp³-hybridized carbons (Fsp3) is 0.909. The highest BCUT2D eigenvalue weighted by Crippen LogP contribution is 2.30. The number of carboxylic acids is 1. The first-order valence-corrected chi connectivity index (χ1v) is 5.58. The van der Waals surface area contributed by atoms with Crippen LogP contribution in [0.15, 0.2) is 0 Å².